The smallest absolute Gasteiger partial charge is 0.241 e. The first-order chi connectivity index (χ1) is 9.45. The molecule has 1 aliphatic rings. The molecule has 0 aromatic heterocycles. The number of nitrogens with zero attached hydrogens (tertiary/aromatic N) is 1. The van der Waals surface area contributed by atoms with E-state index in [-0.39, 0.29) is 17.4 Å². The third kappa shape index (κ3) is 3.40. The van der Waals surface area contributed by atoms with Crippen LogP contribution in [0.2, 0.25) is 0 Å². The van der Waals surface area contributed by atoms with Gasteiger partial charge in [0.05, 0.1) is 11.7 Å². The Balaban J connectivity index is 1.98. The molecule has 1 amide bonds. The molecule has 0 radical (unpaired) electrons. The van der Waals surface area contributed by atoms with Crippen LogP contribution in [0.25, 0.3) is 0 Å². The highest BCUT2D eigenvalue weighted by atomic mass is 79.9. The van der Waals surface area contributed by atoms with Gasteiger partial charge in [-0.05, 0) is 59.9 Å². The second-order valence-corrected chi connectivity index (χ2v) is 6.73. The molecule has 3 N–H and O–H groups in total. The predicted molar refractivity (Wildman–Crippen MR) is 85.6 cm³/mol. The number of hydrogen-bond donors (Lipinski definition) is 2. The highest BCUT2D eigenvalue weighted by Crippen LogP contribution is 2.30. The third-order valence-electron chi connectivity index (χ3n) is 4.14. The summed E-state index contributed by atoms with van der Waals surface area (Å²) in [5.74, 6) is 0.0261. The molecule has 110 valence electrons. The molecule has 0 aliphatic carbocycles. The number of rotatable bonds is 4. The number of para-hydroxylation sites is 1. The highest BCUT2D eigenvalue weighted by Gasteiger charge is 2.36. The Bertz CT molecular complexity index is 494. The summed E-state index contributed by atoms with van der Waals surface area (Å²) in [5, 5.41) is 2.97. The van der Waals surface area contributed by atoms with Crippen LogP contribution in [0.15, 0.2) is 28.7 Å². The Kier molecular flexibility index (Phi) is 4.83. The fraction of sp³-hybridized carbons (Fsp3) is 0.533. The fourth-order valence-corrected chi connectivity index (χ4v) is 2.91. The fourth-order valence-electron chi connectivity index (χ4n) is 2.52. The summed E-state index contributed by atoms with van der Waals surface area (Å²) in [6.45, 7) is 6.62. The van der Waals surface area contributed by atoms with Crippen molar-refractivity contribution in [3.8, 4) is 0 Å². The van der Waals surface area contributed by atoms with Crippen molar-refractivity contribution in [3.63, 3.8) is 0 Å². The van der Waals surface area contributed by atoms with E-state index in [1.807, 2.05) is 31.2 Å². The zero-order valence-electron chi connectivity index (χ0n) is 12.0. The minimum Gasteiger partial charge on any atom is -0.330 e. The van der Waals surface area contributed by atoms with Crippen LogP contribution in [0.4, 0.5) is 5.69 Å². The van der Waals surface area contributed by atoms with E-state index >= 15 is 0 Å². The molecular formula is C15H22BrN3O. The number of anilines is 1. The first-order valence-corrected chi connectivity index (χ1v) is 7.74. The van der Waals surface area contributed by atoms with Crippen LogP contribution >= 0.6 is 15.9 Å². The van der Waals surface area contributed by atoms with Crippen molar-refractivity contribution in [2.75, 3.05) is 25.0 Å². The van der Waals surface area contributed by atoms with Crippen LogP contribution in [-0.4, -0.2) is 36.5 Å². The molecule has 0 spiro atoms. The third-order valence-corrected chi connectivity index (χ3v) is 4.83. The van der Waals surface area contributed by atoms with Crippen molar-refractivity contribution in [2.45, 2.75) is 26.3 Å². The van der Waals surface area contributed by atoms with E-state index < -0.39 is 0 Å². The lowest BCUT2D eigenvalue weighted by molar-refractivity contribution is -0.120. The number of nitrogens with two attached hydrogens (primary N) is 1. The molecule has 1 saturated heterocycles. The average molecular weight is 340 g/mol. The van der Waals surface area contributed by atoms with Gasteiger partial charge in [0.25, 0.3) is 0 Å². The van der Waals surface area contributed by atoms with Crippen LogP contribution in [-0.2, 0) is 4.79 Å². The van der Waals surface area contributed by atoms with Gasteiger partial charge in [0, 0.05) is 11.0 Å². The molecule has 20 heavy (non-hydrogen) atoms. The molecule has 2 unspecified atom stereocenters. The van der Waals surface area contributed by atoms with E-state index in [2.05, 4.69) is 33.1 Å². The van der Waals surface area contributed by atoms with Gasteiger partial charge in [-0.15, -0.1) is 0 Å². The van der Waals surface area contributed by atoms with Gasteiger partial charge in [-0.1, -0.05) is 19.1 Å². The van der Waals surface area contributed by atoms with Gasteiger partial charge in [0.1, 0.15) is 0 Å². The van der Waals surface area contributed by atoms with Gasteiger partial charge in [-0.25, -0.2) is 0 Å². The number of carbonyl (C=O) groups is 1. The summed E-state index contributed by atoms with van der Waals surface area (Å²) in [4.78, 5) is 14.6. The summed E-state index contributed by atoms with van der Waals surface area (Å²) < 4.78 is 0.897. The lowest BCUT2D eigenvalue weighted by Crippen LogP contribution is -2.42. The lowest BCUT2D eigenvalue weighted by atomic mass is 9.90. The molecule has 0 bridgehead atoms. The van der Waals surface area contributed by atoms with Gasteiger partial charge >= 0.3 is 0 Å². The van der Waals surface area contributed by atoms with Crippen molar-refractivity contribution >= 4 is 27.5 Å². The first kappa shape index (κ1) is 15.5. The molecule has 2 atom stereocenters. The highest BCUT2D eigenvalue weighted by molar-refractivity contribution is 9.10. The van der Waals surface area contributed by atoms with Crippen molar-refractivity contribution in [1.29, 1.82) is 0 Å². The standard InChI is InChI=1S/C15H22BrN3O/c1-11(19-8-7-15(2,9-17)10-19)14(20)18-13-6-4-3-5-12(13)16/h3-6,11H,7-10,17H2,1-2H3,(H,18,20). The van der Waals surface area contributed by atoms with E-state index in [1.54, 1.807) is 0 Å². The van der Waals surface area contributed by atoms with Gasteiger partial charge < -0.3 is 11.1 Å². The van der Waals surface area contributed by atoms with Crippen LogP contribution < -0.4 is 11.1 Å². The first-order valence-electron chi connectivity index (χ1n) is 6.95. The number of amides is 1. The number of benzene rings is 1. The number of hydrogen-bond acceptors (Lipinski definition) is 3. The molecule has 2 rings (SSSR count). The minimum absolute atomic E-state index is 0.0261. The Morgan fingerprint density at radius 3 is 2.85 bits per heavy atom. The number of likely N-dealkylation sites (tertiary alicyclic amines) is 1. The Morgan fingerprint density at radius 1 is 1.55 bits per heavy atom. The van der Waals surface area contributed by atoms with E-state index in [1.165, 1.54) is 0 Å². The summed E-state index contributed by atoms with van der Waals surface area (Å²) in [5.41, 5.74) is 6.77. The monoisotopic (exact) mass is 339 g/mol. The van der Waals surface area contributed by atoms with Crippen molar-refractivity contribution in [2.24, 2.45) is 11.1 Å². The SMILES string of the molecule is CC(C(=O)Nc1ccccc1Br)N1CCC(C)(CN)C1. The van der Waals surface area contributed by atoms with Crippen LogP contribution in [0, 0.1) is 5.41 Å². The molecule has 5 heteroatoms. The predicted octanol–water partition coefficient (Wildman–Crippen LogP) is 2.45. The molecule has 4 nitrogen and oxygen atoms in total. The Labute approximate surface area is 128 Å². The summed E-state index contributed by atoms with van der Waals surface area (Å²) >= 11 is 3.44. The maximum atomic E-state index is 12.3. The zero-order chi connectivity index (χ0) is 14.8. The van der Waals surface area contributed by atoms with E-state index in [4.69, 9.17) is 5.73 Å². The van der Waals surface area contributed by atoms with E-state index in [0.29, 0.717) is 6.54 Å². The normalized spacial score (nSPS) is 24.6. The number of halogens is 1. The van der Waals surface area contributed by atoms with Crippen molar-refractivity contribution in [1.82, 2.24) is 4.90 Å². The molecule has 1 aromatic rings. The molecular weight excluding hydrogens is 318 g/mol. The van der Waals surface area contributed by atoms with Gasteiger partial charge in [0.15, 0.2) is 0 Å². The van der Waals surface area contributed by atoms with Gasteiger partial charge in [-0.3, -0.25) is 9.69 Å². The Hall–Kier alpha value is -0.910. The molecule has 0 saturated carbocycles. The Morgan fingerprint density at radius 2 is 2.25 bits per heavy atom. The maximum Gasteiger partial charge on any atom is 0.241 e. The maximum absolute atomic E-state index is 12.3. The van der Waals surface area contributed by atoms with Crippen LogP contribution in [0.1, 0.15) is 20.3 Å². The minimum atomic E-state index is -0.143. The number of nitrogens with one attached hydrogen (secondary N) is 1. The van der Waals surface area contributed by atoms with Gasteiger partial charge in [0.2, 0.25) is 5.91 Å². The van der Waals surface area contributed by atoms with Crippen molar-refractivity contribution in [3.05, 3.63) is 28.7 Å². The summed E-state index contributed by atoms with van der Waals surface area (Å²) in [7, 11) is 0. The van der Waals surface area contributed by atoms with Crippen LogP contribution in [0.5, 0.6) is 0 Å². The van der Waals surface area contributed by atoms with Crippen molar-refractivity contribution < 1.29 is 4.79 Å². The second-order valence-electron chi connectivity index (χ2n) is 5.88. The molecule has 1 aliphatic heterocycles. The quantitative estimate of drug-likeness (QED) is 0.885. The average Bonchev–Trinajstić information content (AvgIpc) is 2.84. The molecule has 1 heterocycles. The summed E-state index contributed by atoms with van der Waals surface area (Å²) in [6, 6.07) is 7.50. The zero-order valence-corrected chi connectivity index (χ0v) is 13.6. The topological polar surface area (TPSA) is 58.4 Å². The molecule has 1 fully saturated rings. The summed E-state index contributed by atoms with van der Waals surface area (Å²) in [6.07, 6.45) is 1.05. The number of carbonyl (C=O) groups excluding carboxylic acids is 1. The molecule has 1 aromatic carbocycles. The van der Waals surface area contributed by atoms with Gasteiger partial charge in [-0.2, -0.15) is 0 Å². The van der Waals surface area contributed by atoms with E-state index in [0.717, 1.165) is 29.7 Å². The largest absolute Gasteiger partial charge is 0.330 e. The van der Waals surface area contributed by atoms with Crippen LogP contribution in [0.3, 0.4) is 0 Å². The second kappa shape index (κ2) is 6.24. The van der Waals surface area contributed by atoms with E-state index in [9.17, 15) is 4.79 Å². The lowest BCUT2D eigenvalue weighted by Gasteiger charge is -2.26.